The highest BCUT2D eigenvalue weighted by Gasteiger charge is 2.36. The van der Waals surface area contributed by atoms with Gasteiger partial charge in [-0.3, -0.25) is 4.79 Å². The van der Waals surface area contributed by atoms with E-state index in [0.29, 0.717) is 11.3 Å². The average Bonchev–Trinajstić information content (AvgIpc) is 2.63. The number of rotatable bonds is 3. The Bertz CT molecular complexity index is 880. The number of hydrogen-bond acceptors (Lipinski definition) is 4. The molecule has 0 unspecified atom stereocenters. The van der Waals surface area contributed by atoms with Crippen molar-refractivity contribution < 1.29 is 17.9 Å². The van der Waals surface area contributed by atoms with E-state index in [0.717, 1.165) is 23.6 Å². The maximum Gasteiger partial charge on any atom is 0.345 e. The first-order valence-corrected chi connectivity index (χ1v) is 10.4. The number of hydrogen-bond donors (Lipinski definition) is 0. The van der Waals surface area contributed by atoms with Gasteiger partial charge in [0.25, 0.3) is 5.91 Å². The summed E-state index contributed by atoms with van der Waals surface area (Å²) >= 11 is 0. The molecule has 0 radical (unpaired) electrons. The second kappa shape index (κ2) is 7.34. The van der Waals surface area contributed by atoms with Gasteiger partial charge in [0.1, 0.15) is 11.4 Å². The molecule has 7 nitrogen and oxygen atoms in total. The standard InChI is InChI=1S/C19H25N3O4S/c1-13-6-5-7-14(2)22(13)19(23)18-12-17(20-27(24,25)21(18)3)15-8-10-16(26-4)11-9-15/h8-14H,5-7H2,1-4H3/t13-,14-/m0/s1. The van der Waals surface area contributed by atoms with Crippen molar-refractivity contribution in [3.63, 3.8) is 0 Å². The maximum absolute atomic E-state index is 13.2. The van der Waals surface area contributed by atoms with Crippen molar-refractivity contribution >= 4 is 21.8 Å². The van der Waals surface area contributed by atoms with Crippen LogP contribution < -0.4 is 4.74 Å². The number of nitrogens with zero attached hydrogens (tertiary/aromatic N) is 3. The first-order chi connectivity index (χ1) is 12.7. The fourth-order valence-corrected chi connectivity index (χ4v) is 4.51. The van der Waals surface area contributed by atoms with Crippen LogP contribution in [-0.2, 0) is 15.0 Å². The van der Waals surface area contributed by atoms with E-state index in [2.05, 4.69) is 4.40 Å². The van der Waals surface area contributed by atoms with Gasteiger partial charge < -0.3 is 9.64 Å². The lowest BCUT2D eigenvalue weighted by Gasteiger charge is -2.40. The van der Waals surface area contributed by atoms with Crippen molar-refractivity contribution in [2.45, 2.75) is 45.2 Å². The van der Waals surface area contributed by atoms with E-state index in [1.165, 1.54) is 7.05 Å². The van der Waals surface area contributed by atoms with Crippen molar-refractivity contribution in [1.82, 2.24) is 9.21 Å². The summed E-state index contributed by atoms with van der Waals surface area (Å²) in [5.74, 6) is 0.382. The third-order valence-corrected chi connectivity index (χ3v) is 6.52. The summed E-state index contributed by atoms with van der Waals surface area (Å²) in [6, 6.07) is 7.05. The molecule has 2 atom stereocenters. The fraction of sp³-hybridized carbons (Fsp3) is 0.474. The Hall–Kier alpha value is -2.35. The summed E-state index contributed by atoms with van der Waals surface area (Å²) in [6.07, 6.45) is 4.45. The fourth-order valence-electron chi connectivity index (χ4n) is 3.60. The van der Waals surface area contributed by atoms with Crippen LogP contribution in [-0.4, -0.2) is 55.5 Å². The van der Waals surface area contributed by atoms with Crippen LogP contribution in [0.2, 0.25) is 0 Å². The van der Waals surface area contributed by atoms with E-state index in [9.17, 15) is 13.2 Å². The summed E-state index contributed by atoms with van der Waals surface area (Å²) in [6.45, 7) is 4.01. The van der Waals surface area contributed by atoms with Gasteiger partial charge in [0.05, 0.1) is 12.8 Å². The Morgan fingerprint density at radius 1 is 1.15 bits per heavy atom. The molecule has 1 aromatic carbocycles. The molecule has 1 amide bonds. The Kier molecular flexibility index (Phi) is 5.28. The van der Waals surface area contributed by atoms with Gasteiger partial charge in [-0.05, 0) is 63.5 Å². The zero-order valence-electron chi connectivity index (χ0n) is 16.0. The van der Waals surface area contributed by atoms with Crippen LogP contribution in [0.15, 0.2) is 40.4 Å². The minimum atomic E-state index is -3.97. The molecule has 0 aromatic heterocycles. The molecule has 3 rings (SSSR count). The van der Waals surface area contributed by atoms with Crippen LogP contribution in [0.5, 0.6) is 5.75 Å². The highest BCUT2D eigenvalue weighted by atomic mass is 32.2. The summed E-state index contributed by atoms with van der Waals surface area (Å²) in [5, 5.41) is 0. The lowest BCUT2D eigenvalue weighted by Crippen LogP contribution is -2.50. The Morgan fingerprint density at radius 2 is 1.74 bits per heavy atom. The summed E-state index contributed by atoms with van der Waals surface area (Å²) in [7, 11) is -1.04. The van der Waals surface area contributed by atoms with E-state index >= 15 is 0 Å². The Morgan fingerprint density at radius 3 is 2.30 bits per heavy atom. The van der Waals surface area contributed by atoms with Gasteiger partial charge >= 0.3 is 10.2 Å². The van der Waals surface area contributed by atoms with Crippen molar-refractivity contribution in [2.24, 2.45) is 4.40 Å². The molecule has 2 aliphatic heterocycles. The molecule has 146 valence electrons. The first-order valence-electron chi connectivity index (χ1n) is 9.02. The molecule has 27 heavy (non-hydrogen) atoms. The Balaban J connectivity index is 2.01. The third kappa shape index (κ3) is 3.71. The van der Waals surface area contributed by atoms with Crippen LogP contribution in [0.1, 0.15) is 38.7 Å². The number of allylic oxidation sites excluding steroid dienone is 1. The van der Waals surface area contributed by atoms with Crippen LogP contribution in [0.3, 0.4) is 0 Å². The molecule has 0 N–H and O–H groups in total. The van der Waals surface area contributed by atoms with E-state index in [4.69, 9.17) is 4.74 Å². The van der Waals surface area contributed by atoms with Crippen LogP contribution >= 0.6 is 0 Å². The predicted octanol–water partition coefficient (Wildman–Crippen LogP) is 2.35. The SMILES string of the molecule is COc1ccc(C2=NS(=O)(=O)N(C)C(C(=O)N3[C@@H](C)CCC[C@@H]3C)=C2)cc1. The molecule has 0 aliphatic carbocycles. The predicted molar refractivity (Wildman–Crippen MR) is 104 cm³/mol. The molecule has 0 spiro atoms. The van der Waals surface area contributed by atoms with Gasteiger partial charge in [-0.15, -0.1) is 4.40 Å². The number of likely N-dealkylation sites (N-methyl/N-ethyl adjacent to an activating group) is 1. The van der Waals surface area contributed by atoms with E-state index < -0.39 is 10.2 Å². The lowest BCUT2D eigenvalue weighted by atomic mass is 9.97. The molecule has 1 saturated heterocycles. The quantitative estimate of drug-likeness (QED) is 0.792. The zero-order chi connectivity index (χ0) is 19.8. The first kappa shape index (κ1) is 19.4. The second-order valence-corrected chi connectivity index (χ2v) is 8.65. The molecule has 1 fully saturated rings. The highest BCUT2D eigenvalue weighted by Crippen LogP contribution is 2.28. The minimum Gasteiger partial charge on any atom is -0.497 e. The van der Waals surface area contributed by atoms with Gasteiger partial charge in [-0.2, -0.15) is 8.42 Å². The number of methoxy groups -OCH3 is 1. The summed E-state index contributed by atoms with van der Waals surface area (Å²) in [5.41, 5.74) is 0.977. The molecule has 8 heteroatoms. The summed E-state index contributed by atoms with van der Waals surface area (Å²) in [4.78, 5) is 15.0. The maximum atomic E-state index is 13.2. The topological polar surface area (TPSA) is 79.3 Å². The zero-order valence-corrected chi connectivity index (χ0v) is 16.9. The average molecular weight is 391 g/mol. The van der Waals surface area contributed by atoms with Gasteiger partial charge in [-0.25, -0.2) is 4.31 Å². The smallest absolute Gasteiger partial charge is 0.345 e. The van der Waals surface area contributed by atoms with Crippen molar-refractivity contribution in [2.75, 3.05) is 14.2 Å². The molecule has 2 heterocycles. The highest BCUT2D eigenvalue weighted by molar-refractivity contribution is 7.88. The van der Waals surface area contributed by atoms with Crippen LogP contribution in [0.4, 0.5) is 0 Å². The number of likely N-dealkylation sites (tertiary alicyclic amines) is 1. The van der Waals surface area contributed by atoms with Gasteiger partial charge in [0.15, 0.2) is 0 Å². The van der Waals surface area contributed by atoms with Crippen LogP contribution in [0.25, 0.3) is 0 Å². The summed E-state index contributed by atoms with van der Waals surface area (Å²) < 4.78 is 35.1. The molecular formula is C19H25N3O4S. The van der Waals surface area contributed by atoms with E-state index in [-0.39, 0.29) is 29.4 Å². The van der Waals surface area contributed by atoms with Gasteiger partial charge in [0, 0.05) is 24.7 Å². The number of carbonyl (C=O) groups excluding carboxylic acids is 1. The van der Waals surface area contributed by atoms with E-state index in [1.54, 1.807) is 42.4 Å². The number of ether oxygens (including phenoxy) is 1. The molecular weight excluding hydrogens is 366 g/mol. The van der Waals surface area contributed by atoms with Gasteiger partial charge in [-0.1, -0.05) is 0 Å². The molecule has 0 saturated carbocycles. The molecule has 1 aromatic rings. The van der Waals surface area contributed by atoms with E-state index in [1.807, 2.05) is 13.8 Å². The molecule has 0 bridgehead atoms. The number of piperidine rings is 1. The monoisotopic (exact) mass is 391 g/mol. The second-order valence-electron chi connectivity index (χ2n) is 7.02. The third-order valence-electron chi connectivity index (χ3n) is 5.21. The van der Waals surface area contributed by atoms with Crippen molar-refractivity contribution in [3.8, 4) is 5.75 Å². The largest absolute Gasteiger partial charge is 0.497 e. The number of benzene rings is 1. The minimum absolute atomic E-state index is 0.0709. The van der Waals surface area contributed by atoms with Crippen molar-refractivity contribution in [1.29, 1.82) is 0 Å². The number of carbonyl (C=O) groups is 1. The Labute approximate surface area is 160 Å². The molecule has 2 aliphatic rings. The van der Waals surface area contributed by atoms with Crippen LogP contribution in [0, 0.1) is 0 Å². The lowest BCUT2D eigenvalue weighted by molar-refractivity contribution is -0.134. The normalized spacial score (nSPS) is 24.9. The van der Waals surface area contributed by atoms with Crippen molar-refractivity contribution in [3.05, 3.63) is 41.6 Å². The number of amides is 1. The van der Waals surface area contributed by atoms with Gasteiger partial charge in [0.2, 0.25) is 0 Å².